The van der Waals surface area contributed by atoms with E-state index in [0.717, 1.165) is 6.92 Å². The summed E-state index contributed by atoms with van der Waals surface area (Å²) in [6, 6.07) is 6.19. The summed E-state index contributed by atoms with van der Waals surface area (Å²) < 4.78 is 4.27. The lowest BCUT2D eigenvalue weighted by Gasteiger charge is -2.04. The molecule has 6 nitrogen and oxygen atoms in total. The van der Waals surface area contributed by atoms with Gasteiger partial charge in [0.25, 0.3) is 0 Å². The molecule has 0 aliphatic rings. The van der Waals surface area contributed by atoms with Crippen molar-refractivity contribution in [2.75, 3.05) is 5.32 Å². The van der Waals surface area contributed by atoms with E-state index in [2.05, 4.69) is 10.1 Å². The number of esters is 1. The molecule has 90 valence electrons. The van der Waals surface area contributed by atoms with Crippen LogP contribution < -0.4 is 5.32 Å². The van der Waals surface area contributed by atoms with E-state index >= 15 is 0 Å². The van der Waals surface area contributed by atoms with E-state index in [-0.39, 0.29) is 6.42 Å². The summed E-state index contributed by atoms with van der Waals surface area (Å²) in [5, 5.41) is 10.9. The third-order valence-corrected chi connectivity index (χ3v) is 1.79. The molecule has 1 amide bonds. The SMILES string of the molecule is CC(=O)OC(=O)Nc1ccc(CC(=O)O)cc1. The standard InChI is InChI=1S/C11H11NO5/c1-7(13)17-11(16)12-9-4-2-8(3-5-9)6-10(14)15/h2-5H,6H2,1H3,(H,12,16)(H,14,15). The van der Waals surface area contributed by atoms with E-state index < -0.39 is 18.0 Å². The van der Waals surface area contributed by atoms with Crippen LogP contribution >= 0.6 is 0 Å². The van der Waals surface area contributed by atoms with Crippen LogP contribution in [0.5, 0.6) is 0 Å². The highest BCUT2D eigenvalue weighted by Crippen LogP contribution is 2.10. The zero-order valence-corrected chi connectivity index (χ0v) is 9.10. The number of hydrogen-bond acceptors (Lipinski definition) is 4. The first-order valence-corrected chi connectivity index (χ1v) is 4.77. The van der Waals surface area contributed by atoms with Crippen molar-refractivity contribution in [1.82, 2.24) is 0 Å². The van der Waals surface area contributed by atoms with Crippen LogP contribution in [0.15, 0.2) is 24.3 Å². The van der Waals surface area contributed by atoms with E-state index in [9.17, 15) is 14.4 Å². The third kappa shape index (κ3) is 4.78. The summed E-state index contributed by atoms with van der Waals surface area (Å²) in [6.07, 6.45) is -0.957. The summed E-state index contributed by atoms with van der Waals surface area (Å²) in [4.78, 5) is 31.9. The number of amides is 1. The average Bonchev–Trinajstić information content (AvgIpc) is 2.18. The molecular weight excluding hydrogens is 226 g/mol. The second-order valence-electron chi connectivity index (χ2n) is 3.27. The number of ether oxygens (including phenoxy) is 1. The van der Waals surface area contributed by atoms with Crippen LogP contribution in [-0.2, 0) is 20.7 Å². The molecule has 0 spiro atoms. The molecule has 0 unspecified atom stereocenters. The first-order chi connectivity index (χ1) is 7.97. The maximum atomic E-state index is 11.0. The molecule has 2 N–H and O–H groups in total. The smallest absolute Gasteiger partial charge is 0.419 e. The van der Waals surface area contributed by atoms with Crippen LogP contribution in [0.1, 0.15) is 12.5 Å². The Kier molecular flexibility index (Phi) is 4.21. The summed E-state index contributed by atoms with van der Waals surface area (Å²) in [5.41, 5.74) is 1.04. The summed E-state index contributed by atoms with van der Waals surface area (Å²) in [7, 11) is 0. The molecule has 0 aliphatic carbocycles. The van der Waals surface area contributed by atoms with Gasteiger partial charge in [-0.25, -0.2) is 4.79 Å². The van der Waals surface area contributed by atoms with Gasteiger partial charge in [0.05, 0.1) is 6.42 Å². The molecule has 0 aromatic heterocycles. The number of carbonyl (C=O) groups excluding carboxylic acids is 2. The number of carboxylic acid groups (broad SMARTS) is 1. The first-order valence-electron chi connectivity index (χ1n) is 4.77. The van der Waals surface area contributed by atoms with E-state index in [1.54, 1.807) is 12.1 Å². The van der Waals surface area contributed by atoms with Crippen LogP contribution in [0, 0.1) is 0 Å². The highest BCUT2D eigenvalue weighted by atomic mass is 16.6. The van der Waals surface area contributed by atoms with Gasteiger partial charge in [-0.1, -0.05) is 12.1 Å². The fourth-order valence-electron chi connectivity index (χ4n) is 1.15. The van der Waals surface area contributed by atoms with E-state index in [1.165, 1.54) is 12.1 Å². The lowest BCUT2D eigenvalue weighted by molar-refractivity contribution is -0.136. The summed E-state index contributed by atoms with van der Waals surface area (Å²) >= 11 is 0. The summed E-state index contributed by atoms with van der Waals surface area (Å²) in [6.45, 7) is 1.12. The number of aliphatic carboxylic acids is 1. The molecule has 0 heterocycles. The third-order valence-electron chi connectivity index (χ3n) is 1.79. The zero-order chi connectivity index (χ0) is 12.8. The molecule has 6 heteroatoms. The molecule has 0 saturated carbocycles. The highest BCUT2D eigenvalue weighted by molar-refractivity contribution is 5.92. The van der Waals surface area contributed by atoms with Gasteiger partial charge in [0.15, 0.2) is 0 Å². The van der Waals surface area contributed by atoms with Crippen LogP contribution in [0.25, 0.3) is 0 Å². The molecule has 0 atom stereocenters. The molecular formula is C11H11NO5. The van der Waals surface area contributed by atoms with Gasteiger partial charge in [-0.3, -0.25) is 14.9 Å². The van der Waals surface area contributed by atoms with Gasteiger partial charge in [0.1, 0.15) is 0 Å². The zero-order valence-electron chi connectivity index (χ0n) is 9.10. The predicted molar refractivity (Wildman–Crippen MR) is 58.6 cm³/mol. The van der Waals surface area contributed by atoms with Crippen molar-refractivity contribution in [3.05, 3.63) is 29.8 Å². The molecule has 0 bridgehead atoms. The Morgan fingerprint density at radius 2 is 1.82 bits per heavy atom. The molecule has 0 saturated heterocycles. The molecule has 1 aromatic rings. The topological polar surface area (TPSA) is 92.7 Å². The van der Waals surface area contributed by atoms with Gasteiger partial charge in [-0.2, -0.15) is 0 Å². The summed E-state index contributed by atoms with van der Waals surface area (Å²) in [5.74, 6) is -1.63. The maximum absolute atomic E-state index is 11.0. The van der Waals surface area contributed by atoms with Crippen molar-refractivity contribution in [3.63, 3.8) is 0 Å². The Morgan fingerprint density at radius 1 is 1.24 bits per heavy atom. The van der Waals surface area contributed by atoms with E-state index in [4.69, 9.17) is 5.11 Å². The molecule has 17 heavy (non-hydrogen) atoms. The first kappa shape index (κ1) is 12.7. The number of nitrogens with one attached hydrogen (secondary N) is 1. The van der Waals surface area contributed by atoms with E-state index in [1.807, 2.05) is 0 Å². The van der Waals surface area contributed by atoms with Crippen molar-refractivity contribution in [2.45, 2.75) is 13.3 Å². The highest BCUT2D eigenvalue weighted by Gasteiger charge is 2.06. The Bertz CT molecular complexity index is 438. The van der Waals surface area contributed by atoms with Gasteiger partial charge in [0, 0.05) is 12.6 Å². The number of anilines is 1. The van der Waals surface area contributed by atoms with Gasteiger partial charge >= 0.3 is 18.0 Å². The Hall–Kier alpha value is -2.37. The van der Waals surface area contributed by atoms with Crippen molar-refractivity contribution < 1.29 is 24.2 Å². The van der Waals surface area contributed by atoms with Gasteiger partial charge < -0.3 is 9.84 Å². The maximum Gasteiger partial charge on any atom is 0.419 e. The van der Waals surface area contributed by atoms with Crippen molar-refractivity contribution in [2.24, 2.45) is 0 Å². The van der Waals surface area contributed by atoms with Crippen LogP contribution in [0.3, 0.4) is 0 Å². The predicted octanol–water partition coefficient (Wildman–Crippen LogP) is 1.41. The minimum Gasteiger partial charge on any atom is -0.481 e. The lowest BCUT2D eigenvalue weighted by Crippen LogP contribution is -2.16. The normalized spacial score (nSPS) is 9.47. The Morgan fingerprint density at radius 3 is 2.29 bits per heavy atom. The minimum atomic E-state index is -0.929. The van der Waals surface area contributed by atoms with Crippen molar-refractivity contribution in [3.8, 4) is 0 Å². The fraction of sp³-hybridized carbons (Fsp3) is 0.182. The number of hydrogen-bond donors (Lipinski definition) is 2. The van der Waals surface area contributed by atoms with Crippen LogP contribution in [0.2, 0.25) is 0 Å². The number of benzene rings is 1. The lowest BCUT2D eigenvalue weighted by atomic mass is 10.1. The van der Waals surface area contributed by atoms with Crippen molar-refractivity contribution >= 4 is 23.7 Å². The van der Waals surface area contributed by atoms with Gasteiger partial charge in [-0.05, 0) is 17.7 Å². The fourth-order valence-corrected chi connectivity index (χ4v) is 1.15. The molecule has 0 fully saturated rings. The number of rotatable bonds is 3. The quantitative estimate of drug-likeness (QED) is 0.612. The van der Waals surface area contributed by atoms with Crippen LogP contribution in [0.4, 0.5) is 10.5 Å². The molecule has 1 rings (SSSR count). The Labute approximate surface area is 97.2 Å². The Balaban J connectivity index is 2.59. The monoisotopic (exact) mass is 237 g/mol. The van der Waals surface area contributed by atoms with Crippen molar-refractivity contribution in [1.29, 1.82) is 0 Å². The largest absolute Gasteiger partial charge is 0.481 e. The van der Waals surface area contributed by atoms with Gasteiger partial charge in [0.2, 0.25) is 0 Å². The van der Waals surface area contributed by atoms with E-state index in [0.29, 0.717) is 11.3 Å². The molecule has 0 aliphatic heterocycles. The van der Waals surface area contributed by atoms with Gasteiger partial charge in [-0.15, -0.1) is 0 Å². The minimum absolute atomic E-state index is 0.0851. The van der Waals surface area contributed by atoms with Crippen LogP contribution in [-0.4, -0.2) is 23.1 Å². The molecule has 0 radical (unpaired) electrons. The second kappa shape index (κ2) is 5.64. The average molecular weight is 237 g/mol. The number of carboxylic acids is 1. The molecule has 1 aromatic carbocycles. The number of carbonyl (C=O) groups is 3. The second-order valence-corrected chi connectivity index (χ2v) is 3.27.